The monoisotopic (exact) mass is 341 g/mol. The third-order valence-corrected chi connectivity index (χ3v) is 4.35. The minimum atomic E-state index is 0.0338. The zero-order valence-electron chi connectivity index (χ0n) is 11.6. The molecule has 20 heavy (non-hydrogen) atoms. The fraction of sp³-hybridized carbons (Fsp3) is 0.533. The van der Waals surface area contributed by atoms with Crippen molar-refractivity contribution in [2.75, 3.05) is 20.3 Å². The Balaban J connectivity index is 2.15. The number of benzene rings is 1. The fourth-order valence-corrected chi connectivity index (χ4v) is 2.90. The van der Waals surface area contributed by atoms with Crippen LogP contribution in [0.15, 0.2) is 22.7 Å². The van der Waals surface area contributed by atoms with Crippen molar-refractivity contribution in [2.45, 2.75) is 31.7 Å². The topological polar surface area (TPSA) is 49.8 Å². The summed E-state index contributed by atoms with van der Waals surface area (Å²) in [5.41, 5.74) is 0.655. The first-order valence-corrected chi connectivity index (χ1v) is 7.72. The molecule has 0 aromatic heterocycles. The van der Waals surface area contributed by atoms with E-state index in [1.54, 1.807) is 25.3 Å². The lowest BCUT2D eigenvalue weighted by atomic mass is 9.90. The Bertz CT molecular complexity index is 474. The second-order valence-electron chi connectivity index (χ2n) is 5.01. The van der Waals surface area contributed by atoms with E-state index in [1.807, 2.05) is 4.90 Å². The van der Waals surface area contributed by atoms with Crippen LogP contribution in [0.3, 0.4) is 0 Å². The molecule has 4 nitrogen and oxygen atoms in total. The molecule has 0 bridgehead atoms. The number of aliphatic hydroxyl groups is 1. The van der Waals surface area contributed by atoms with E-state index in [-0.39, 0.29) is 12.5 Å². The molecule has 0 radical (unpaired) electrons. The van der Waals surface area contributed by atoms with E-state index in [0.717, 1.165) is 17.3 Å². The third kappa shape index (κ3) is 3.33. The Kier molecular flexibility index (Phi) is 5.43. The molecule has 1 aromatic carbocycles. The van der Waals surface area contributed by atoms with Gasteiger partial charge in [-0.05, 0) is 59.8 Å². The average molecular weight is 342 g/mol. The number of carbonyl (C=O) groups is 1. The van der Waals surface area contributed by atoms with Gasteiger partial charge in [-0.25, -0.2) is 0 Å². The lowest BCUT2D eigenvalue weighted by Crippen LogP contribution is -2.45. The van der Waals surface area contributed by atoms with Gasteiger partial charge in [0.05, 0.1) is 11.6 Å². The highest BCUT2D eigenvalue weighted by atomic mass is 79.9. The van der Waals surface area contributed by atoms with Crippen LogP contribution in [0.1, 0.15) is 36.0 Å². The van der Waals surface area contributed by atoms with E-state index in [2.05, 4.69) is 15.9 Å². The van der Waals surface area contributed by atoms with E-state index >= 15 is 0 Å². The molecule has 0 saturated heterocycles. The van der Waals surface area contributed by atoms with Crippen LogP contribution in [0.25, 0.3) is 0 Å². The van der Waals surface area contributed by atoms with Crippen molar-refractivity contribution in [1.82, 2.24) is 4.90 Å². The first-order chi connectivity index (χ1) is 9.67. The molecule has 0 unspecified atom stereocenters. The van der Waals surface area contributed by atoms with Gasteiger partial charge in [-0.1, -0.05) is 0 Å². The molecule has 0 atom stereocenters. The van der Waals surface area contributed by atoms with Gasteiger partial charge in [0.15, 0.2) is 0 Å². The summed E-state index contributed by atoms with van der Waals surface area (Å²) >= 11 is 3.41. The summed E-state index contributed by atoms with van der Waals surface area (Å²) in [5, 5.41) is 8.99. The SMILES string of the molecule is COc1ccc(C(=O)N(CCCO)C2CCC2)cc1Br. The van der Waals surface area contributed by atoms with E-state index in [1.165, 1.54) is 6.42 Å². The Morgan fingerprint density at radius 2 is 2.25 bits per heavy atom. The number of amides is 1. The normalized spacial score (nSPS) is 14.8. The molecule has 1 amide bonds. The molecule has 1 aromatic rings. The third-order valence-electron chi connectivity index (χ3n) is 3.73. The number of carbonyl (C=O) groups excluding carboxylic acids is 1. The molecule has 1 aliphatic carbocycles. The smallest absolute Gasteiger partial charge is 0.254 e. The van der Waals surface area contributed by atoms with Gasteiger partial charge in [0.2, 0.25) is 0 Å². The van der Waals surface area contributed by atoms with Gasteiger partial charge in [0.25, 0.3) is 5.91 Å². The maximum atomic E-state index is 12.6. The van der Waals surface area contributed by atoms with E-state index in [0.29, 0.717) is 30.3 Å². The van der Waals surface area contributed by atoms with E-state index in [9.17, 15) is 4.79 Å². The van der Waals surface area contributed by atoms with Gasteiger partial charge in [0.1, 0.15) is 5.75 Å². The summed E-state index contributed by atoms with van der Waals surface area (Å²) in [6.45, 7) is 0.729. The van der Waals surface area contributed by atoms with Crippen LogP contribution in [-0.4, -0.2) is 42.2 Å². The Morgan fingerprint density at radius 3 is 2.75 bits per heavy atom. The highest BCUT2D eigenvalue weighted by Crippen LogP contribution is 2.29. The van der Waals surface area contributed by atoms with Crippen molar-refractivity contribution in [3.8, 4) is 5.75 Å². The summed E-state index contributed by atoms with van der Waals surface area (Å²) < 4.78 is 5.96. The largest absolute Gasteiger partial charge is 0.496 e. The molecular formula is C15H20BrNO3. The predicted octanol–water partition coefficient (Wildman–Crippen LogP) is 2.83. The van der Waals surface area contributed by atoms with Crippen molar-refractivity contribution in [3.05, 3.63) is 28.2 Å². The predicted molar refractivity (Wildman–Crippen MR) is 81.1 cm³/mol. The van der Waals surface area contributed by atoms with Crippen LogP contribution < -0.4 is 4.74 Å². The number of hydrogen-bond donors (Lipinski definition) is 1. The second kappa shape index (κ2) is 7.09. The maximum absolute atomic E-state index is 12.6. The molecule has 110 valence electrons. The summed E-state index contributed by atoms with van der Waals surface area (Å²) in [5.74, 6) is 0.749. The van der Waals surface area contributed by atoms with Crippen molar-refractivity contribution in [1.29, 1.82) is 0 Å². The van der Waals surface area contributed by atoms with E-state index < -0.39 is 0 Å². The van der Waals surface area contributed by atoms with Crippen LogP contribution in [0, 0.1) is 0 Å². The minimum Gasteiger partial charge on any atom is -0.496 e. The minimum absolute atomic E-state index is 0.0338. The summed E-state index contributed by atoms with van der Waals surface area (Å²) in [4.78, 5) is 14.5. The highest BCUT2D eigenvalue weighted by Gasteiger charge is 2.29. The van der Waals surface area contributed by atoms with Crippen LogP contribution in [0.4, 0.5) is 0 Å². The van der Waals surface area contributed by atoms with Crippen molar-refractivity contribution >= 4 is 21.8 Å². The summed E-state index contributed by atoms with van der Waals surface area (Å²) in [7, 11) is 1.60. The van der Waals surface area contributed by atoms with Gasteiger partial charge in [0, 0.05) is 24.8 Å². The standard InChI is InChI=1S/C15H20BrNO3/c1-20-14-7-6-11(10-13(14)16)15(19)17(8-3-9-18)12-4-2-5-12/h6-7,10,12,18H,2-5,8-9H2,1H3. The second-order valence-corrected chi connectivity index (χ2v) is 5.86. The molecule has 5 heteroatoms. The number of hydrogen-bond acceptors (Lipinski definition) is 3. The Labute approximate surface area is 127 Å². The molecule has 1 N–H and O–H groups in total. The number of methoxy groups -OCH3 is 1. The number of nitrogens with zero attached hydrogens (tertiary/aromatic N) is 1. The average Bonchev–Trinajstić information content (AvgIpc) is 2.40. The maximum Gasteiger partial charge on any atom is 0.254 e. The number of aliphatic hydroxyl groups excluding tert-OH is 1. The highest BCUT2D eigenvalue weighted by molar-refractivity contribution is 9.10. The number of halogens is 1. The molecule has 1 aliphatic rings. The first-order valence-electron chi connectivity index (χ1n) is 6.92. The van der Waals surface area contributed by atoms with Crippen LogP contribution in [0.5, 0.6) is 5.75 Å². The van der Waals surface area contributed by atoms with Crippen molar-refractivity contribution in [3.63, 3.8) is 0 Å². The first kappa shape index (κ1) is 15.3. The Hall–Kier alpha value is -1.07. The van der Waals surface area contributed by atoms with Crippen LogP contribution in [-0.2, 0) is 0 Å². The molecule has 0 spiro atoms. The zero-order chi connectivity index (χ0) is 14.5. The quantitative estimate of drug-likeness (QED) is 0.865. The van der Waals surface area contributed by atoms with Gasteiger partial charge in [-0.2, -0.15) is 0 Å². The number of ether oxygens (including phenoxy) is 1. The van der Waals surface area contributed by atoms with Crippen molar-refractivity contribution in [2.24, 2.45) is 0 Å². The van der Waals surface area contributed by atoms with Crippen LogP contribution in [0.2, 0.25) is 0 Å². The Morgan fingerprint density at radius 1 is 1.50 bits per heavy atom. The molecule has 1 fully saturated rings. The van der Waals surface area contributed by atoms with Crippen LogP contribution >= 0.6 is 15.9 Å². The lowest BCUT2D eigenvalue weighted by molar-refractivity contribution is 0.0562. The summed E-state index contributed by atoms with van der Waals surface area (Å²) in [6, 6.07) is 5.71. The molecule has 0 heterocycles. The zero-order valence-corrected chi connectivity index (χ0v) is 13.2. The molecule has 0 aliphatic heterocycles. The van der Waals surface area contributed by atoms with Crippen molar-refractivity contribution < 1.29 is 14.6 Å². The van der Waals surface area contributed by atoms with Gasteiger partial charge < -0.3 is 14.7 Å². The number of rotatable bonds is 6. The van der Waals surface area contributed by atoms with Gasteiger partial charge in [-0.3, -0.25) is 4.79 Å². The lowest BCUT2D eigenvalue weighted by Gasteiger charge is -2.37. The van der Waals surface area contributed by atoms with E-state index in [4.69, 9.17) is 9.84 Å². The molecule has 1 saturated carbocycles. The van der Waals surface area contributed by atoms with Gasteiger partial charge in [-0.15, -0.1) is 0 Å². The molecule has 2 rings (SSSR count). The molecular weight excluding hydrogens is 322 g/mol. The fourth-order valence-electron chi connectivity index (χ4n) is 2.35. The summed E-state index contributed by atoms with van der Waals surface area (Å²) in [6.07, 6.45) is 3.93. The van der Waals surface area contributed by atoms with Gasteiger partial charge >= 0.3 is 0 Å².